The van der Waals surface area contributed by atoms with Crippen LogP contribution in [0.3, 0.4) is 0 Å². The average Bonchev–Trinajstić information content (AvgIpc) is 3.45. The molecule has 0 amide bonds. The highest BCUT2D eigenvalue weighted by Crippen LogP contribution is 2.36. The van der Waals surface area contributed by atoms with Gasteiger partial charge in [0.25, 0.3) is 0 Å². The molecule has 0 saturated carbocycles. The van der Waals surface area contributed by atoms with Crippen LogP contribution >= 0.6 is 0 Å². The van der Waals surface area contributed by atoms with Gasteiger partial charge in [-0.1, -0.05) is 57.5 Å². The van der Waals surface area contributed by atoms with Crippen LogP contribution in [0.1, 0.15) is 5.56 Å². The van der Waals surface area contributed by atoms with Crippen molar-refractivity contribution in [3.63, 3.8) is 0 Å². The Labute approximate surface area is 233 Å². The molecule has 39 heavy (non-hydrogen) atoms. The van der Waals surface area contributed by atoms with Crippen molar-refractivity contribution >= 4 is 32.7 Å². The van der Waals surface area contributed by atoms with E-state index >= 15 is 4.39 Å². The van der Waals surface area contributed by atoms with Crippen LogP contribution in [0.4, 0.5) is 10.1 Å². The lowest BCUT2D eigenvalue weighted by atomic mass is 9.97. The Hall–Kier alpha value is -2.80. The monoisotopic (exact) mass is 567 g/mol. The number of imidazole rings is 1. The molecule has 0 saturated heterocycles. The molecule has 0 aliphatic carbocycles. The van der Waals surface area contributed by atoms with E-state index in [2.05, 4.69) is 44.3 Å². The number of anilines is 1. The van der Waals surface area contributed by atoms with Crippen molar-refractivity contribution in [2.24, 2.45) is 0 Å². The molecule has 0 aliphatic heterocycles. The quantitative estimate of drug-likeness (QED) is 0.111. The third-order valence-corrected chi connectivity index (χ3v) is 10.3. The van der Waals surface area contributed by atoms with E-state index in [0.717, 1.165) is 52.2 Å². The molecule has 0 fully saturated rings. The summed E-state index contributed by atoms with van der Waals surface area (Å²) in [4.78, 5) is 4.65. The number of ether oxygens (including phenoxy) is 2. The van der Waals surface area contributed by atoms with Gasteiger partial charge in [0.05, 0.1) is 11.2 Å². The zero-order valence-electron chi connectivity index (χ0n) is 24.3. The Morgan fingerprint density at radius 2 is 1.56 bits per heavy atom. The molecule has 210 valence electrons. The number of halogens is 1. The van der Waals surface area contributed by atoms with E-state index in [1.807, 2.05) is 34.5 Å². The standard InChI is InChI=1S/C29H42FN5O2Si2/c1-21-22(23-9-8-10-25(31)26(23)30)11-12-24-27(33-35(28(21)24)20-37-16-18-39(5,6)7)29-32-13-14-34(29)19-36-15-17-38(2,3)4/h8-14H,15-20,31H2,1-7H3. The molecule has 2 N–H and O–H groups in total. The fourth-order valence-electron chi connectivity index (χ4n) is 4.46. The van der Waals surface area contributed by atoms with Gasteiger partial charge in [0, 0.05) is 52.7 Å². The smallest absolute Gasteiger partial charge is 0.163 e. The molecule has 2 aromatic carbocycles. The molecule has 0 radical (unpaired) electrons. The first-order valence-corrected chi connectivity index (χ1v) is 21.0. The number of benzene rings is 2. The van der Waals surface area contributed by atoms with Gasteiger partial charge in [-0.05, 0) is 42.3 Å². The Balaban J connectivity index is 1.73. The van der Waals surface area contributed by atoms with E-state index in [9.17, 15) is 0 Å². The highest BCUT2D eigenvalue weighted by Gasteiger charge is 2.22. The van der Waals surface area contributed by atoms with Crippen molar-refractivity contribution in [1.82, 2.24) is 19.3 Å². The van der Waals surface area contributed by atoms with Crippen LogP contribution in [-0.4, -0.2) is 48.7 Å². The molecule has 0 spiro atoms. The zero-order valence-corrected chi connectivity index (χ0v) is 26.3. The highest BCUT2D eigenvalue weighted by molar-refractivity contribution is 6.76. The number of nitrogens with two attached hydrogens (primary N) is 1. The zero-order chi connectivity index (χ0) is 28.4. The van der Waals surface area contributed by atoms with E-state index in [1.165, 1.54) is 0 Å². The van der Waals surface area contributed by atoms with Crippen molar-refractivity contribution < 1.29 is 13.9 Å². The van der Waals surface area contributed by atoms with Crippen LogP contribution in [0.15, 0.2) is 42.7 Å². The minimum atomic E-state index is -1.23. The van der Waals surface area contributed by atoms with Crippen molar-refractivity contribution in [2.75, 3.05) is 18.9 Å². The van der Waals surface area contributed by atoms with Gasteiger partial charge in [-0.3, -0.25) is 0 Å². The third kappa shape index (κ3) is 7.05. The van der Waals surface area contributed by atoms with Crippen LogP contribution in [0.25, 0.3) is 33.5 Å². The summed E-state index contributed by atoms with van der Waals surface area (Å²) in [5, 5.41) is 5.92. The summed E-state index contributed by atoms with van der Waals surface area (Å²) < 4.78 is 31.0. The Bertz CT molecular complexity index is 1440. The van der Waals surface area contributed by atoms with Crippen molar-refractivity contribution in [3.05, 3.63) is 54.1 Å². The molecule has 0 unspecified atom stereocenters. The Kier molecular flexibility index (Phi) is 8.80. The number of nitrogens with zero attached hydrogens (tertiary/aromatic N) is 4. The van der Waals surface area contributed by atoms with Crippen molar-refractivity contribution in [3.8, 4) is 22.6 Å². The lowest BCUT2D eigenvalue weighted by Gasteiger charge is -2.16. The van der Waals surface area contributed by atoms with Crippen LogP contribution in [0.5, 0.6) is 0 Å². The number of nitrogen functional groups attached to an aromatic ring is 1. The minimum absolute atomic E-state index is 0.132. The lowest BCUT2D eigenvalue weighted by molar-refractivity contribution is 0.0815. The fraction of sp³-hybridized carbons (Fsp3) is 0.448. The maximum Gasteiger partial charge on any atom is 0.163 e. The SMILES string of the molecule is Cc1c(-c2cccc(N)c2F)ccc2c(-c3nccn3COCC[Si](C)(C)C)nn(COCC[Si](C)(C)C)c12. The van der Waals surface area contributed by atoms with E-state index in [-0.39, 0.29) is 5.69 Å². The van der Waals surface area contributed by atoms with Crippen LogP contribution in [0, 0.1) is 12.7 Å². The maximum absolute atomic E-state index is 15.0. The Morgan fingerprint density at radius 1 is 0.897 bits per heavy atom. The van der Waals surface area contributed by atoms with E-state index in [0.29, 0.717) is 25.6 Å². The molecule has 7 nitrogen and oxygen atoms in total. The largest absolute Gasteiger partial charge is 0.396 e. The van der Waals surface area contributed by atoms with Gasteiger partial charge < -0.3 is 19.8 Å². The van der Waals surface area contributed by atoms with Gasteiger partial charge in [-0.25, -0.2) is 14.1 Å². The maximum atomic E-state index is 15.0. The van der Waals surface area contributed by atoms with E-state index < -0.39 is 22.0 Å². The van der Waals surface area contributed by atoms with Gasteiger partial charge in [-0.15, -0.1) is 0 Å². The molecule has 0 atom stereocenters. The number of rotatable bonds is 12. The summed E-state index contributed by atoms with van der Waals surface area (Å²) in [5.41, 5.74) is 9.83. The number of fused-ring (bicyclic) bond motifs is 1. The fourth-order valence-corrected chi connectivity index (χ4v) is 5.97. The summed E-state index contributed by atoms with van der Waals surface area (Å²) in [6.07, 6.45) is 3.69. The topological polar surface area (TPSA) is 80.1 Å². The second kappa shape index (κ2) is 11.8. The first-order chi connectivity index (χ1) is 18.4. The predicted molar refractivity (Wildman–Crippen MR) is 164 cm³/mol. The van der Waals surface area contributed by atoms with Crippen molar-refractivity contribution in [1.29, 1.82) is 0 Å². The van der Waals surface area contributed by atoms with E-state index in [4.69, 9.17) is 20.3 Å². The molecular weight excluding hydrogens is 526 g/mol. The van der Waals surface area contributed by atoms with Crippen molar-refractivity contribution in [2.45, 2.75) is 71.8 Å². The average molecular weight is 568 g/mol. The Morgan fingerprint density at radius 3 is 2.23 bits per heavy atom. The van der Waals surface area contributed by atoms with Gasteiger partial charge in [0.1, 0.15) is 19.2 Å². The summed E-state index contributed by atoms with van der Waals surface area (Å²) >= 11 is 0. The summed E-state index contributed by atoms with van der Waals surface area (Å²) in [5.74, 6) is 0.319. The van der Waals surface area contributed by atoms with Gasteiger partial charge >= 0.3 is 0 Å². The molecule has 10 heteroatoms. The van der Waals surface area contributed by atoms with Gasteiger partial charge in [0.2, 0.25) is 0 Å². The van der Waals surface area contributed by atoms with Crippen LogP contribution in [-0.2, 0) is 22.9 Å². The molecular formula is C29H42FN5O2Si2. The highest BCUT2D eigenvalue weighted by atomic mass is 28.3. The van der Waals surface area contributed by atoms with Crippen LogP contribution in [0.2, 0.25) is 51.4 Å². The molecule has 0 bridgehead atoms. The third-order valence-electron chi connectivity index (χ3n) is 6.85. The summed E-state index contributed by atoms with van der Waals surface area (Å²) in [7, 11) is -2.41. The number of aromatic nitrogens is 4. The first kappa shape index (κ1) is 29.2. The number of aryl methyl sites for hydroxylation is 1. The first-order valence-electron chi connectivity index (χ1n) is 13.6. The second-order valence-electron chi connectivity index (χ2n) is 12.6. The minimum Gasteiger partial charge on any atom is -0.396 e. The predicted octanol–water partition coefficient (Wildman–Crippen LogP) is 7.22. The van der Waals surface area contributed by atoms with Gasteiger partial charge in [-0.2, -0.15) is 5.10 Å². The molecule has 2 heterocycles. The molecule has 4 rings (SSSR count). The summed E-state index contributed by atoms with van der Waals surface area (Å²) in [6, 6.07) is 11.2. The molecule has 0 aliphatic rings. The lowest BCUT2D eigenvalue weighted by Crippen LogP contribution is -2.22. The number of hydrogen-bond acceptors (Lipinski definition) is 5. The second-order valence-corrected chi connectivity index (χ2v) is 23.9. The normalized spacial score (nSPS) is 12.5. The van der Waals surface area contributed by atoms with Gasteiger partial charge in [0.15, 0.2) is 11.6 Å². The van der Waals surface area contributed by atoms with Crippen LogP contribution < -0.4 is 5.73 Å². The molecule has 4 aromatic rings. The van der Waals surface area contributed by atoms with E-state index in [1.54, 1.807) is 24.4 Å². The summed E-state index contributed by atoms with van der Waals surface area (Å²) in [6.45, 7) is 18.1. The number of hydrogen-bond donors (Lipinski definition) is 1. The molecule has 2 aromatic heterocycles.